The van der Waals surface area contributed by atoms with Gasteiger partial charge in [0.15, 0.2) is 0 Å². The van der Waals surface area contributed by atoms with Gasteiger partial charge in [-0.15, -0.1) is 0 Å². The molecule has 7 heteroatoms. The standard InChI is InChI=1S/C12H17N3O3S/c1-3-18-9(2)8-15-19(16,17)12-5-4-11(14)6-10(12)7-13/h4-6,9,15H,3,8,14H2,1-2H3. The fourth-order valence-corrected chi connectivity index (χ4v) is 2.77. The Morgan fingerprint density at radius 1 is 1.53 bits per heavy atom. The van der Waals surface area contributed by atoms with E-state index in [0.717, 1.165) is 0 Å². The van der Waals surface area contributed by atoms with Crippen LogP contribution in [0.5, 0.6) is 0 Å². The second kappa shape index (κ2) is 6.52. The molecule has 1 atom stereocenters. The van der Waals surface area contributed by atoms with Crippen LogP contribution in [-0.2, 0) is 14.8 Å². The van der Waals surface area contributed by atoms with Gasteiger partial charge in [0.25, 0.3) is 0 Å². The summed E-state index contributed by atoms with van der Waals surface area (Å²) in [6.45, 7) is 4.25. The van der Waals surface area contributed by atoms with Crippen LogP contribution in [-0.4, -0.2) is 27.7 Å². The van der Waals surface area contributed by atoms with Crippen molar-refractivity contribution in [1.29, 1.82) is 5.26 Å². The van der Waals surface area contributed by atoms with Gasteiger partial charge in [0.05, 0.1) is 16.6 Å². The van der Waals surface area contributed by atoms with E-state index in [4.69, 9.17) is 15.7 Å². The van der Waals surface area contributed by atoms with Gasteiger partial charge in [-0.3, -0.25) is 0 Å². The molecule has 0 bridgehead atoms. The van der Waals surface area contributed by atoms with Gasteiger partial charge in [-0.2, -0.15) is 5.26 Å². The molecule has 19 heavy (non-hydrogen) atoms. The first kappa shape index (κ1) is 15.4. The minimum absolute atomic E-state index is 0.0246. The Bertz CT molecular complexity index is 578. The highest BCUT2D eigenvalue weighted by Gasteiger charge is 2.19. The van der Waals surface area contributed by atoms with Crippen LogP contribution in [0.1, 0.15) is 19.4 Å². The van der Waals surface area contributed by atoms with E-state index >= 15 is 0 Å². The number of ether oxygens (including phenoxy) is 1. The summed E-state index contributed by atoms with van der Waals surface area (Å²) in [7, 11) is -3.74. The summed E-state index contributed by atoms with van der Waals surface area (Å²) in [6, 6.07) is 5.93. The van der Waals surface area contributed by atoms with Crippen molar-refractivity contribution in [3.8, 4) is 6.07 Å². The zero-order chi connectivity index (χ0) is 14.5. The van der Waals surface area contributed by atoms with Gasteiger partial charge in [0, 0.05) is 18.8 Å². The Hall–Kier alpha value is -1.62. The average Bonchev–Trinajstić information content (AvgIpc) is 2.36. The molecule has 0 heterocycles. The van der Waals surface area contributed by atoms with Crippen LogP contribution in [0.15, 0.2) is 23.1 Å². The van der Waals surface area contributed by atoms with Crippen molar-refractivity contribution in [2.24, 2.45) is 0 Å². The van der Waals surface area contributed by atoms with Crippen LogP contribution in [0, 0.1) is 11.3 Å². The molecule has 0 aliphatic rings. The molecule has 0 aliphatic carbocycles. The normalized spacial score (nSPS) is 12.9. The van der Waals surface area contributed by atoms with Crippen LogP contribution >= 0.6 is 0 Å². The molecule has 1 rings (SSSR count). The lowest BCUT2D eigenvalue weighted by Gasteiger charge is -2.13. The Balaban J connectivity index is 2.92. The lowest BCUT2D eigenvalue weighted by molar-refractivity contribution is 0.0799. The van der Waals surface area contributed by atoms with Gasteiger partial charge in [0.1, 0.15) is 6.07 Å². The van der Waals surface area contributed by atoms with Crippen molar-refractivity contribution < 1.29 is 13.2 Å². The highest BCUT2D eigenvalue weighted by molar-refractivity contribution is 7.89. The summed E-state index contributed by atoms with van der Waals surface area (Å²) in [5.41, 5.74) is 5.89. The largest absolute Gasteiger partial charge is 0.399 e. The zero-order valence-electron chi connectivity index (χ0n) is 10.9. The molecule has 0 fully saturated rings. The van der Waals surface area contributed by atoms with Gasteiger partial charge >= 0.3 is 0 Å². The summed E-state index contributed by atoms with van der Waals surface area (Å²) in [4.78, 5) is -0.0760. The smallest absolute Gasteiger partial charge is 0.241 e. The molecule has 0 spiro atoms. The van der Waals surface area contributed by atoms with Crippen molar-refractivity contribution in [2.75, 3.05) is 18.9 Å². The van der Waals surface area contributed by atoms with Crippen LogP contribution < -0.4 is 10.5 Å². The molecule has 0 aromatic heterocycles. The third kappa shape index (κ3) is 4.21. The number of nitrogens with zero attached hydrogens (tertiary/aromatic N) is 1. The van der Waals surface area contributed by atoms with Crippen LogP contribution in [0.4, 0.5) is 5.69 Å². The molecule has 0 radical (unpaired) electrons. The van der Waals surface area contributed by atoms with Crippen LogP contribution in [0.25, 0.3) is 0 Å². The quantitative estimate of drug-likeness (QED) is 0.753. The van der Waals surface area contributed by atoms with E-state index in [1.165, 1.54) is 18.2 Å². The minimum Gasteiger partial charge on any atom is -0.399 e. The van der Waals surface area contributed by atoms with E-state index in [1.54, 1.807) is 6.92 Å². The maximum Gasteiger partial charge on any atom is 0.241 e. The van der Waals surface area contributed by atoms with Gasteiger partial charge in [-0.25, -0.2) is 13.1 Å². The zero-order valence-corrected chi connectivity index (χ0v) is 11.7. The van der Waals surface area contributed by atoms with Crippen molar-refractivity contribution >= 4 is 15.7 Å². The number of nitrogens with two attached hydrogens (primary N) is 1. The molecule has 1 aromatic rings. The lowest BCUT2D eigenvalue weighted by Crippen LogP contribution is -2.32. The first-order valence-corrected chi connectivity index (χ1v) is 7.30. The first-order chi connectivity index (χ1) is 8.90. The summed E-state index contributed by atoms with van der Waals surface area (Å²) in [5.74, 6) is 0. The van der Waals surface area contributed by atoms with Crippen LogP contribution in [0.2, 0.25) is 0 Å². The summed E-state index contributed by atoms with van der Waals surface area (Å²) < 4.78 is 31.8. The van der Waals surface area contributed by atoms with E-state index in [-0.39, 0.29) is 23.1 Å². The first-order valence-electron chi connectivity index (χ1n) is 5.81. The fraction of sp³-hybridized carbons (Fsp3) is 0.417. The lowest BCUT2D eigenvalue weighted by atomic mass is 10.2. The highest BCUT2D eigenvalue weighted by Crippen LogP contribution is 2.17. The van der Waals surface area contributed by atoms with E-state index in [2.05, 4.69) is 4.72 Å². The number of benzene rings is 1. The molecule has 0 aliphatic heterocycles. The topological polar surface area (TPSA) is 105 Å². The molecule has 0 saturated heterocycles. The Kier molecular flexibility index (Phi) is 5.30. The third-order valence-electron chi connectivity index (χ3n) is 2.43. The minimum atomic E-state index is -3.74. The number of hydrogen-bond donors (Lipinski definition) is 2. The number of nitrogens with one attached hydrogen (secondary N) is 1. The van der Waals surface area contributed by atoms with Gasteiger partial charge < -0.3 is 10.5 Å². The number of anilines is 1. The molecule has 104 valence electrons. The van der Waals surface area contributed by atoms with E-state index in [0.29, 0.717) is 12.3 Å². The van der Waals surface area contributed by atoms with Crippen molar-refractivity contribution in [3.05, 3.63) is 23.8 Å². The molecule has 0 saturated carbocycles. The van der Waals surface area contributed by atoms with E-state index in [1.807, 2.05) is 13.0 Å². The van der Waals surface area contributed by atoms with Gasteiger partial charge in [0.2, 0.25) is 10.0 Å². The van der Waals surface area contributed by atoms with Crippen molar-refractivity contribution in [2.45, 2.75) is 24.8 Å². The van der Waals surface area contributed by atoms with Gasteiger partial charge in [-0.1, -0.05) is 0 Å². The monoisotopic (exact) mass is 283 g/mol. The molecule has 1 aromatic carbocycles. The predicted octanol–water partition coefficient (Wildman–Crippen LogP) is 0.844. The summed E-state index contributed by atoms with van der Waals surface area (Å²) >= 11 is 0. The maximum atomic E-state index is 12.1. The van der Waals surface area contributed by atoms with E-state index in [9.17, 15) is 8.42 Å². The van der Waals surface area contributed by atoms with Crippen LogP contribution in [0.3, 0.4) is 0 Å². The molecule has 6 nitrogen and oxygen atoms in total. The Morgan fingerprint density at radius 2 is 2.21 bits per heavy atom. The third-order valence-corrected chi connectivity index (χ3v) is 3.91. The molecule has 1 unspecified atom stereocenters. The number of nitriles is 1. The molecular formula is C12H17N3O3S. The highest BCUT2D eigenvalue weighted by atomic mass is 32.2. The van der Waals surface area contributed by atoms with Crippen molar-refractivity contribution in [3.63, 3.8) is 0 Å². The van der Waals surface area contributed by atoms with Gasteiger partial charge in [-0.05, 0) is 32.0 Å². The number of sulfonamides is 1. The number of rotatable bonds is 6. The van der Waals surface area contributed by atoms with Crippen molar-refractivity contribution in [1.82, 2.24) is 4.72 Å². The molecular weight excluding hydrogens is 266 g/mol. The maximum absolute atomic E-state index is 12.1. The second-order valence-electron chi connectivity index (χ2n) is 3.99. The average molecular weight is 283 g/mol. The predicted molar refractivity (Wildman–Crippen MR) is 71.8 cm³/mol. The number of nitrogen functional groups attached to an aromatic ring is 1. The fourth-order valence-electron chi connectivity index (χ4n) is 1.52. The SMILES string of the molecule is CCOC(C)CNS(=O)(=O)c1ccc(N)cc1C#N. The summed E-state index contributed by atoms with van der Waals surface area (Å²) in [6.07, 6.45) is -0.237. The van der Waals surface area contributed by atoms with E-state index < -0.39 is 10.0 Å². The number of hydrogen-bond acceptors (Lipinski definition) is 5. The molecule has 3 N–H and O–H groups in total. The second-order valence-corrected chi connectivity index (χ2v) is 5.72. The Morgan fingerprint density at radius 3 is 2.79 bits per heavy atom. The summed E-state index contributed by atoms with van der Waals surface area (Å²) in [5, 5.41) is 8.95. The molecule has 0 amide bonds. The Labute approximate surface area is 113 Å².